The Balaban J connectivity index is 1.44. The number of imidazole rings is 2. The zero-order valence-corrected chi connectivity index (χ0v) is 33.3. The Bertz CT molecular complexity index is 2570. The van der Waals surface area contributed by atoms with Crippen LogP contribution in [-0.2, 0) is 26.2 Å². The maximum absolute atomic E-state index is 13.8. The van der Waals surface area contributed by atoms with Crippen molar-refractivity contribution in [2.75, 3.05) is 17.2 Å². The number of nitrogens with zero attached hydrogens (tertiary/aromatic N) is 8. The molecule has 0 aliphatic rings. The number of nitrogens with one attached hydrogen (secondary N) is 2. The van der Waals surface area contributed by atoms with Crippen molar-refractivity contribution < 1.29 is 23.9 Å². The lowest BCUT2D eigenvalue weighted by atomic mass is 10.1. The lowest BCUT2D eigenvalue weighted by Gasteiger charge is -2.17. The highest BCUT2D eigenvalue weighted by molar-refractivity contribution is 6.05. The van der Waals surface area contributed by atoms with Gasteiger partial charge in [0.05, 0.1) is 34.5 Å². The number of ether oxygens (including phenoxy) is 1. The molecule has 17 heteroatoms. The van der Waals surface area contributed by atoms with Crippen LogP contribution in [-0.4, -0.2) is 68.9 Å². The van der Waals surface area contributed by atoms with Crippen LogP contribution in [0, 0.1) is 13.8 Å². The number of hydrogen-bond acceptors (Lipinski definition) is 9. The average Bonchev–Trinajstić information content (AvgIpc) is 3.93. The standard InChI is InChI=1S/C40H48N12O5/c1-8-11-14-57-33-19-27(36(42)54)18-29-34(33)50(40(44-29)46-38(56)32-16-25(7)48-52(32)10-3)21-23(5)22(4)20-49-30-13-12-26(35(41)53)17-28(30)43-39(49)45-37(55)31-15-24(6)47-51(31)9-2/h12-13,15-19H,8-11,14,20-21H2,1-7H3,(H2,41,53)(H2,42,54)(H,43,45,55)(H,44,46,56)/b23-22+. The molecule has 2 aromatic carbocycles. The lowest BCUT2D eigenvalue weighted by Crippen LogP contribution is -2.21. The van der Waals surface area contributed by atoms with Crippen molar-refractivity contribution in [3.8, 4) is 5.75 Å². The van der Waals surface area contributed by atoms with Crippen molar-refractivity contribution in [1.82, 2.24) is 38.7 Å². The first-order valence-corrected chi connectivity index (χ1v) is 18.9. The van der Waals surface area contributed by atoms with Crippen LogP contribution < -0.4 is 26.8 Å². The van der Waals surface area contributed by atoms with Crippen molar-refractivity contribution in [2.24, 2.45) is 11.5 Å². The van der Waals surface area contributed by atoms with Crippen molar-refractivity contribution in [3.05, 3.63) is 87.5 Å². The Morgan fingerprint density at radius 1 is 0.702 bits per heavy atom. The maximum Gasteiger partial charge on any atom is 0.276 e. The minimum atomic E-state index is -0.640. The van der Waals surface area contributed by atoms with Crippen molar-refractivity contribution in [1.29, 1.82) is 0 Å². The minimum absolute atomic E-state index is 0.220. The SMILES string of the molecule is CCCCOc1cc(C(N)=O)cc2nc(NC(=O)c3cc(C)nn3CC)n(C/C(C)=C(\C)Cn3c(NC(=O)c4cc(C)nn4CC)nc4cc(C(N)=O)ccc43)c12. The molecule has 17 nitrogen and oxygen atoms in total. The molecule has 4 aromatic heterocycles. The Hall–Kier alpha value is -6.78. The Morgan fingerprint density at radius 3 is 1.77 bits per heavy atom. The summed E-state index contributed by atoms with van der Waals surface area (Å²) < 4.78 is 13.2. The van der Waals surface area contributed by atoms with Gasteiger partial charge < -0.3 is 25.3 Å². The fourth-order valence-electron chi connectivity index (χ4n) is 6.61. The monoisotopic (exact) mass is 776 g/mol. The zero-order valence-electron chi connectivity index (χ0n) is 33.3. The normalized spacial score (nSPS) is 11.9. The summed E-state index contributed by atoms with van der Waals surface area (Å²) in [5, 5.41) is 14.8. The quantitative estimate of drug-likeness (QED) is 0.0733. The third-order valence-corrected chi connectivity index (χ3v) is 9.72. The van der Waals surface area contributed by atoms with E-state index in [0.29, 0.717) is 70.3 Å². The first-order valence-electron chi connectivity index (χ1n) is 18.9. The van der Waals surface area contributed by atoms with Gasteiger partial charge in [-0.2, -0.15) is 10.2 Å². The number of carbonyl (C=O) groups is 4. The van der Waals surface area contributed by atoms with E-state index in [1.165, 1.54) is 0 Å². The van der Waals surface area contributed by atoms with Crippen molar-refractivity contribution in [3.63, 3.8) is 0 Å². The van der Waals surface area contributed by atoms with Gasteiger partial charge in [-0.25, -0.2) is 9.97 Å². The number of unbranched alkanes of at least 4 members (excludes halogenated alkanes) is 1. The fraction of sp³-hybridized carbons (Fsp3) is 0.350. The first-order chi connectivity index (χ1) is 27.2. The molecule has 0 bridgehead atoms. The molecule has 4 heterocycles. The molecule has 0 saturated carbocycles. The summed E-state index contributed by atoms with van der Waals surface area (Å²) in [5.41, 5.74) is 17.9. The van der Waals surface area contributed by atoms with Gasteiger partial charge in [0, 0.05) is 37.3 Å². The third-order valence-electron chi connectivity index (χ3n) is 9.72. The maximum atomic E-state index is 13.8. The molecule has 0 radical (unpaired) electrons. The molecule has 0 saturated heterocycles. The highest BCUT2D eigenvalue weighted by Crippen LogP contribution is 2.33. The predicted octanol–water partition coefficient (Wildman–Crippen LogP) is 5.35. The van der Waals surface area contributed by atoms with E-state index in [2.05, 4.69) is 27.8 Å². The molecule has 298 valence electrons. The number of primary amides is 2. The lowest BCUT2D eigenvalue weighted by molar-refractivity contribution is 0.0992. The molecular formula is C40H48N12O5. The predicted molar refractivity (Wildman–Crippen MR) is 216 cm³/mol. The molecule has 57 heavy (non-hydrogen) atoms. The molecular weight excluding hydrogens is 729 g/mol. The van der Waals surface area contributed by atoms with Gasteiger partial charge >= 0.3 is 0 Å². The number of fused-ring (bicyclic) bond motifs is 2. The van der Waals surface area contributed by atoms with E-state index in [-0.39, 0.29) is 36.1 Å². The van der Waals surface area contributed by atoms with Gasteiger partial charge in [0.2, 0.25) is 23.7 Å². The largest absolute Gasteiger partial charge is 0.491 e. The van der Waals surface area contributed by atoms with E-state index in [1.807, 2.05) is 50.7 Å². The summed E-state index contributed by atoms with van der Waals surface area (Å²) >= 11 is 0. The molecule has 0 unspecified atom stereocenters. The van der Waals surface area contributed by atoms with Crippen molar-refractivity contribution >= 4 is 57.6 Å². The van der Waals surface area contributed by atoms with Gasteiger partial charge in [-0.1, -0.05) is 24.5 Å². The number of rotatable bonds is 16. The number of carbonyl (C=O) groups excluding carboxylic acids is 4. The number of nitrogens with two attached hydrogens (primary N) is 2. The average molecular weight is 777 g/mol. The molecule has 6 rings (SSSR count). The van der Waals surface area contributed by atoms with E-state index >= 15 is 0 Å². The Morgan fingerprint density at radius 2 is 1.23 bits per heavy atom. The highest BCUT2D eigenvalue weighted by atomic mass is 16.5. The summed E-state index contributed by atoms with van der Waals surface area (Å²) in [7, 11) is 0. The van der Waals surface area contributed by atoms with Gasteiger partial charge in [0.25, 0.3) is 11.8 Å². The van der Waals surface area contributed by atoms with E-state index in [1.54, 1.807) is 51.8 Å². The second kappa shape index (κ2) is 16.5. The Labute approximate surface area is 329 Å². The van der Waals surface area contributed by atoms with E-state index < -0.39 is 23.6 Å². The molecule has 6 N–H and O–H groups in total. The van der Waals surface area contributed by atoms with E-state index in [0.717, 1.165) is 24.0 Å². The summed E-state index contributed by atoms with van der Waals surface area (Å²) in [6.45, 7) is 15.3. The topological polar surface area (TPSA) is 225 Å². The fourth-order valence-corrected chi connectivity index (χ4v) is 6.61. The highest BCUT2D eigenvalue weighted by Gasteiger charge is 2.24. The summed E-state index contributed by atoms with van der Waals surface area (Å²) in [6, 6.07) is 11.6. The number of amides is 4. The smallest absolute Gasteiger partial charge is 0.276 e. The van der Waals surface area contributed by atoms with Gasteiger partial charge in [-0.05, 0) is 90.4 Å². The Kier molecular flexibility index (Phi) is 11.6. The van der Waals surface area contributed by atoms with E-state index in [9.17, 15) is 19.2 Å². The van der Waals surface area contributed by atoms with Crippen LogP contribution in [0.1, 0.15) is 101 Å². The van der Waals surface area contributed by atoms with Crippen LogP contribution in [0.5, 0.6) is 5.75 Å². The number of anilines is 2. The first kappa shape index (κ1) is 39.9. The third kappa shape index (κ3) is 8.27. The second-order valence-corrected chi connectivity index (χ2v) is 14.0. The van der Waals surface area contributed by atoms with Crippen LogP contribution in [0.15, 0.2) is 53.6 Å². The zero-order chi connectivity index (χ0) is 41.1. The van der Waals surface area contributed by atoms with Crippen LogP contribution in [0.2, 0.25) is 0 Å². The molecule has 0 fully saturated rings. The molecule has 6 aromatic rings. The number of allylic oxidation sites excluding steroid dienone is 2. The van der Waals surface area contributed by atoms with Gasteiger partial charge in [0.15, 0.2) is 0 Å². The van der Waals surface area contributed by atoms with Gasteiger partial charge in [-0.15, -0.1) is 0 Å². The van der Waals surface area contributed by atoms with Crippen LogP contribution in [0.4, 0.5) is 11.9 Å². The number of hydrogen-bond donors (Lipinski definition) is 4. The van der Waals surface area contributed by atoms with Gasteiger partial charge in [-0.3, -0.25) is 39.2 Å². The number of aromatic nitrogens is 8. The molecule has 4 amide bonds. The molecule has 0 aliphatic carbocycles. The van der Waals surface area contributed by atoms with Crippen LogP contribution in [0.3, 0.4) is 0 Å². The molecule has 0 atom stereocenters. The molecule has 0 spiro atoms. The van der Waals surface area contributed by atoms with E-state index in [4.69, 9.17) is 26.2 Å². The molecule has 0 aliphatic heterocycles. The van der Waals surface area contributed by atoms with Crippen LogP contribution >= 0.6 is 0 Å². The minimum Gasteiger partial charge on any atom is -0.491 e. The summed E-state index contributed by atoms with van der Waals surface area (Å²) in [6.07, 6.45) is 1.67. The summed E-state index contributed by atoms with van der Waals surface area (Å²) in [5.74, 6) is -1.14. The van der Waals surface area contributed by atoms with Gasteiger partial charge in [0.1, 0.15) is 22.7 Å². The van der Waals surface area contributed by atoms with Crippen molar-refractivity contribution in [2.45, 2.75) is 87.5 Å². The summed E-state index contributed by atoms with van der Waals surface area (Å²) in [4.78, 5) is 61.4. The van der Waals surface area contributed by atoms with Crippen LogP contribution in [0.25, 0.3) is 22.1 Å². The second-order valence-electron chi connectivity index (χ2n) is 14.0. The number of benzene rings is 2. The number of aryl methyl sites for hydroxylation is 4.